The third-order valence-electron chi connectivity index (χ3n) is 1.82. The highest BCUT2D eigenvalue weighted by Crippen LogP contribution is 2.31. The summed E-state index contributed by atoms with van der Waals surface area (Å²) < 4.78 is 1.16. The van der Waals surface area contributed by atoms with Crippen LogP contribution in [0.3, 0.4) is 0 Å². The van der Waals surface area contributed by atoms with Gasteiger partial charge in [-0.2, -0.15) is 0 Å². The Morgan fingerprint density at radius 3 is 2.83 bits per heavy atom. The zero-order chi connectivity index (χ0) is 8.72. The van der Waals surface area contributed by atoms with Gasteiger partial charge in [0, 0.05) is 9.72 Å². The number of thiophene rings is 1. The van der Waals surface area contributed by atoms with Crippen molar-refractivity contribution in [2.45, 2.75) is 6.92 Å². The van der Waals surface area contributed by atoms with Gasteiger partial charge in [0.2, 0.25) is 0 Å². The van der Waals surface area contributed by atoms with Crippen molar-refractivity contribution in [2.75, 3.05) is 5.73 Å². The molecule has 0 saturated carbocycles. The fourth-order valence-electron chi connectivity index (χ4n) is 1.20. The monoisotopic (exact) mass is 197 g/mol. The Labute approximate surface area is 79.8 Å². The molecule has 0 radical (unpaired) electrons. The molecule has 0 amide bonds. The van der Waals surface area contributed by atoms with Crippen molar-refractivity contribution >= 4 is 38.0 Å². The van der Waals surface area contributed by atoms with Gasteiger partial charge in [0.15, 0.2) is 0 Å². The molecule has 1 heterocycles. The Bertz CT molecular complexity index is 394. The molecule has 1 aromatic heterocycles. The maximum Gasteiger partial charge on any atom is 0.0868 e. The summed E-state index contributed by atoms with van der Waals surface area (Å²) in [7, 11) is 0. The fraction of sp³-hybridized carbons (Fsp3) is 0.111. The number of hydrogen-bond acceptors (Lipinski definition) is 2. The molecule has 3 heteroatoms. The van der Waals surface area contributed by atoms with Crippen LogP contribution in [0.5, 0.6) is 0 Å². The zero-order valence-corrected chi connectivity index (χ0v) is 8.17. The molecule has 62 valence electrons. The van der Waals surface area contributed by atoms with Crippen LogP contribution in [0.4, 0.5) is 5.00 Å². The first-order valence-electron chi connectivity index (χ1n) is 3.62. The quantitative estimate of drug-likeness (QED) is 0.688. The molecule has 0 saturated heterocycles. The van der Waals surface area contributed by atoms with Crippen LogP contribution in [0, 0.1) is 6.92 Å². The highest BCUT2D eigenvalue weighted by Gasteiger charge is 2.01. The average molecular weight is 198 g/mol. The molecule has 0 bridgehead atoms. The molecule has 12 heavy (non-hydrogen) atoms. The van der Waals surface area contributed by atoms with Gasteiger partial charge in [0.1, 0.15) is 0 Å². The van der Waals surface area contributed by atoms with Gasteiger partial charge in [0.05, 0.1) is 5.00 Å². The van der Waals surface area contributed by atoms with Crippen LogP contribution >= 0.6 is 22.9 Å². The minimum absolute atomic E-state index is 0.810. The Hall–Kier alpha value is -0.730. The Morgan fingerprint density at radius 1 is 1.33 bits per heavy atom. The zero-order valence-electron chi connectivity index (χ0n) is 6.60. The van der Waals surface area contributed by atoms with E-state index in [1.54, 1.807) is 11.3 Å². The Morgan fingerprint density at radius 2 is 2.08 bits per heavy atom. The SMILES string of the molecule is Cc1cc2cc(N)sc2cc1Cl. The molecule has 0 aliphatic heterocycles. The molecule has 0 fully saturated rings. The van der Waals surface area contributed by atoms with E-state index in [0.29, 0.717) is 0 Å². The van der Waals surface area contributed by atoms with Crippen molar-refractivity contribution in [3.63, 3.8) is 0 Å². The Kier molecular flexibility index (Phi) is 1.74. The second-order valence-corrected chi connectivity index (χ2v) is 4.31. The van der Waals surface area contributed by atoms with E-state index in [-0.39, 0.29) is 0 Å². The van der Waals surface area contributed by atoms with Gasteiger partial charge in [-0.25, -0.2) is 0 Å². The lowest BCUT2D eigenvalue weighted by Gasteiger charge is -1.95. The number of benzene rings is 1. The number of anilines is 1. The summed E-state index contributed by atoms with van der Waals surface area (Å²) in [5, 5.41) is 2.83. The van der Waals surface area contributed by atoms with Crippen molar-refractivity contribution in [1.29, 1.82) is 0 Å². The molecule has 1 nitrogen and oxygen atoms in total. The van der Waals surface area contributed by atoms with Gasteiger partial charge in [-0.1, -0.05) is 11.6 Å². The lowest BCUT2D eigenvalue weighted by molar-refractivity contribution is 1.51. The predicted molar refractivity (Wildman–Crippen MR) is 56.0 cm³/mol. The summed E-state index contributed by atoms with van der Waals surface area (Å²) >= 11 is 7.53. The minimum Gasteiger partial charge on any atom is -0.391 e. The van der Waals surface area contributed by atoms with E-state index in [1.807, 2.05) is 19.1 Å². The smallest absolute Gasteiger partial charge is 0.0868 e. The fourth-order valence-corrected chi connectivity index (χ4v) is 2.28. The number of rotatable bonds is 0. The number of aryl methyl sites for hydroxylation is 1. The van der Waals surface area contributed by atoms with Crippen LogP contribution < -0.4 is 5.73 Å². The first kappa shape index (κ1) is 7.90. The van der Waals surface area contributed by atoms with Crippen molar-refractivity contribution in [3.05, 3.63) is 28.8 Å². The molecule has 2 rings (SSSR count). The first-order chi connectivity index (χ1) is 5.66. The third-order valence-corrected chi connectivity index (χ3v) is 3.15. The summed E-state index contributed by atoms with van der Waals surface area (Å²) in [5.41, 5.74) is 6.77. The predicted octanol–water partition coefficient (Wildman–Crippen LogP) is 3.45. The van der Waals surface area contributed by atoms with Gasteiger partial charge in [-0.15, -0.1) is 11.3 Å². The molecule has 0 aliphatic carbocycles. The molecular weight excluding hydrogens is 190 g/mol. The molecule has 0 atom stereocenters. The molecular formula is C9H8ClNS. The van der Waals surface area contributed by atoms with Crippen LogP contribution in [-0.2, 0) is 0 Å². The number of halogens is 1. The van der Waals surface area contributed by atoms with Crippen molar-refractivity contribution in [1.82, 2.24) is 0 Å². The van der Waals surface area contributed by atoms with Crippen LogP contribution in [-0.4, -0.2) is 0 Å². The molecule has 0 unspecified atom stereocenters. The normalized spacial score (nSPS) is 10.8. The number of nitrogens with two attached hydrogens (primary N) is 1. The lowest BCUT2D eigenvalue weighted by Crippen LogP contribution is -1.73. The summed E-state index contributed by atoms with van der Waals surface area (Å²) in [4.78, 5) is 0. The van der Waals surface area contributed by atoms with E-state index in [9.17, 15) is 0 Å². The van der Waals surface area contributed by atoms with Gasteiger partial charge in [-0.05, 0) is 36.1 Å². The average Bonchev–Trinajstić information content (AvgIpc) is 2.30. The van der Waals surface area contributed by atoms with Gasteiger partial charge in [0.25, 0.3) is 0 Å². The number of fused-ring (bicyclic) bond motifs is 1. The van der Waals surface area contributed by atoms with Gasteiger partial charge in [-0.3, -0.25) is 0 Å². The van der Waals surface area contributed by atoms with Crippen LogP contribution in [0.25, 0.3) is 10.1 Å². The highest BCUT2D eigenvalue weighted by molar-refractivity contribution is 7.22. The second kappa shape index (κ2) is 2.64. The molecule has 1 aromatic carbocycles. The van der Waals surface area contributed by atoms with Crippen LogP contribution in [0.2, 0.25) is 5.02 Å². The molecule has 0 aliphatic rings. The van der Waals surface area contributed by atoms with Crippen LogP contribution in [0.1, 0.15) is 5.56 Å². The Balaban J connectivity index is 2.83. The second-order valence-electron chi connectivity index (χ2n) is 2.79. The van der Waals surface area contributed by atoms with Gasteiger partial charge >= 0.3 is 0 Å². The van der Waals surface area contributed by atoms with E-state index in [2.05, 4.69) is 6.07 Å². The minimum atomic E-state index is 0.810. The van der Waals surface area contributed by atoms with Crippen molar-refractivity contribution < 1.29 is 0 Å². The third kappa shape index (κ3) is 1.17. The summed E-state index contributed by atoms with van der Waals surface area (Å²) in [6, 6.07) is 6.00. The highest BCUT2D eigenvalue weighted by atomic mass is 35.5. The first-order valence-corrected chi connectivity index (χ1v) is 4.81. The topological polar surface area (TPSA) is 26.0 Å². The lowest BCUT2D eigenvalue weighted by atomic mass is 10.2. The maximum atomic E-state index is 5.96. The van der Waals surface area contributed by atoms with E-state index in [1.165, 1.54) is 5.39 Å². The molecule has 2 aromatic rings. The maximum absolute atomic E-state index is 5.96. The standard InChI is InChI=1S/C9H8ClNS/c1-5-2-6-3-9(11)12-8(6)4-7(5)10/h2-4H,11H2,1H3. The van der Waals surface area contributed by atoms with E-state index in [4.69, 9.17) is 17.3 Å². The van der Waals surface area contributed by atoms with Crippen molar-refractivity contribution in [2.24, 2.45) is 0 Å². The van der Waals surface area contributed by atoms with Gasteiger partial charge < -0.3 is 5.73 Å². The van der Waals surface area contributed by atoms with Crippen molar-refractivity contribution in [3.8, 4) is 0 Å². The van der Waals surface area contributed by atoms with E-state index in [0.717, 1.165) is 20.3 Å². The van der Waals surface area contributed by atoms with Crippen LogP contribution in [0.15, 0.2) is 18.2 Å². The number of hydrogen-bond donors (Lipinski definition) is 1. The largest absolute Gasteiger partial charge is 0.391 e. The van der Waals surface area contributed by atoms with E-state index >= 15 is 0 Å². The summed E-state index contributed by atoms with van der Waals surface area (Å²) in [6.45, 7) is 2.00. The molecule has 2 N–H and O–H groups in total. The number of nitrogen functional groups attached to an aromatic ring is 1. The van der Waals surface area contributed by atoms with E-state index < -0.39 is 0 Å². The molecule has 0 spiro atoms. The summed E-state index contributed by atoms with van der Waals surface area (Å²) in [5.74, 6) is 0. The summed E-state index contributed by atoms with van der Waals surface area (Å²) in [6.07, 6.45) is 0.